The molecule has 2 aliphatic carbocycles. The third-order valence-corrected chi connectivity index (χ3v) is 17.8. The number of anilines is 3. The minimum atomic E-state index is -0.698. The summed E-state index contributed by atoms with van der Waals surface area (Å²) in [4.78, 5) is 93.6. The molecule has 0 bridgehead atoms. The van der Waals surface area contributed by atoms with Gasteiger partial charge in [-0.1, -0.05) is 31.5 Å². The molecule has 374 valence electrons. The van der Waals surface area contributed by atoms with Gasteiger partial charge in [-0.2, -0.15) is 0 Å². The number of benzene rings is 1. The van der Waals surface area contributed by atoms with Crippen LogP contribution in [0.3, 0.4) is 0 Å². The van der Waals surface area contributed by atoms with Crippen LogP contribution in [0.5, 0.6) is 0 Å². The number of piperidine rings is 4. The molecule has 1 aromatic carbocycles. The highest BCUT2D eigenvalue weighted by atomic mass is 16.2. The lowest BCUT2D eigenvalue weighted by Gasteiger charge is -2.48. The number of carbonyl (C=O) groups excluding carboxylic acids is 5. The van der Waals surface area contributed by atoms with Gasteiger partial charge in [-0.25, -0.2) is 15.0 Å². The number of pyridine rings is 2. The highest BCUT2D eigenvalue weighted by Crippen LogP contribution is 2.52. The van der Waals surface area contributed by atoms with Crippen LogP contribution in [0.2, 0.25) is 0 Å². The van der Waals surface area contributed by atoms with Crippen molar-refractivity contribution in [1.29, 1.82) is 0 Å². The largest absolute Gasteiger partial charge is 0.366 e. The van der Waals surface area contributed by atoms with Gasteiger partial charge in [-0.15, -0.1) is 0 Å². The number of nitrogens with one attached hydrogen (secondary N) is 2. The average molecular weight is 964 g/mol. The zero-order chi connectivity index (χ0) is 48.7. The summed E-state index contributed by atoms with van der Waals surface area (Å²) in [5, 5.41) is 6.13. The zero-order valence-electron chi connectivity index (χ0n) is 41.7. The Bertz CT molecular complexity index is 2740. The minimum absolute atomic E-state index is 0.0377. The predicted molar refractivity (Wildman–Crippen MR) is 271 cm³/mol. The molecule has 2 saturated carbocycles. The normalized spacial score (nSPS) is 27.2. The van der Waals surface area contributed by atoms with Gasteiger partial charge in [0, 0.05) is 93.2 Å². The number of hydrogen-bond acceptors (Lipinski definition) is 11. The van der Waals surface area contributed by atoms with Gasteiger partial charge in [0.05, 0.1) is 34.8 Å². The molecule has 12 rings (SSSR count). The van der Waals surface area contributed by atoms with Crippen LogP contribution in [-0.2, 0) is 29.4 Å². The highest BCUT2D eigenvalue weighted by molar-refractivity contribution is 6.09. The monoisotopic (exact) mass is 964 g/mol. The van der Waals surface area contributed by atoms with E-state index < -0.39 is 5.41 Å². The summed E-state index contributed by atoms with van der Waals surface area (Å²) in [6.07, 6.45) is 15.1. The Kier molecular flexibility index (Phi) is 11.9. The van der Waals surface area contributed by atoms with Crippen molar-refractivity contribution in [2.24, 2.45) is 17.8 Å². The quantitative estimate of drug-likeness (QED) is 0.169. The van der Waals surface area contributed by atoms with E-state index in [1.165, 1.54) is 19.3 Å². The Labute approximate surface area is 416 Å². The summed E-state index contributed by atoms with van der Waals surface area (Å²) < 4.78 is 2.19. The van der Waals surface area contributed by atoms with Crippen LogP contribution >= 0.6 is 0 Å². The van der Waals surface area contributed by atoms with Crippen molar-refractivity contribution in [2.45, 2.75) is 140 Å². The molecule has 71 heavy (non-hydrogen) atoms. The van der Waals surface area contributed by atoms with Crippen molar-refractivity contribution in [1.82, 2.24) is 39.5 Å². The number of fused-ring (bicyclic) bond motifs is 3. The molecule has 3 aromatic heterocycles. The average Bonchev–Trinajstić information content (AvgIpc) is 3.86. The van der Waals surface area contributed by atoms with Crippen LogP contribution < -0.4 is 20.4 Å². The van der Waals surface area contributed by atoms with Crippen molar-refractivity contribution in [3.8, 4) is 11.3 Å². The number of imide groups is 1. The summed E-state index contributed by atoms with van der Waals surface area (Å²) in [5.41, 5.74) is 5.96. The Morgan fingerprint density at radius 3 is 2.30 bits per heavy atom. The molecular weight excluding hydrogens is 895 g/mol. The van der Waals surface area contributed by atoms with Gasteiger partial charge >= 0.3 is 0 Å². The zero-order valence-corrected chi connectivity index (χ0v) is 41.7. The number of hydrogen-bond donors (Lipinski definition) is 2. The maximum Gasteiger partial charge on any atom is 0.238 e. The van der Waals surface area contributed by atoms with Crippen LogP contribution in [0.25, 0.3) is 22.3 Å². The molecule has 1 spiro atoms. The number of nitrogens with zero attached hydrogens (tertiary/aromatic N) is 9. The van der Waals surface area contributed by atoms with E-state index in [-0.39, 0.29) is 65.3 Å². The fourth-order valence-corrected chi connectivity index (χ4v) is 13.3. The van der Waals surface area contributed by atoms with Gasteiger partial charge in [0.2, 0.25) is 29.5 Å². The molecular formula is C55H69N11O5. The fourth-order valence-electron chi connectivity index (χ4n) is 13.3. The third-order valence-electron chi connectivity index (χ3n) is 17.8. The summed E-state index contributed by atoms with van der Waals surface area (Å²) in [6.45, 7) is 12.1. The molecule has 3 atom stereocenters. The molecule has 16 heteroatoms. The first kappa shape index (κ1) is 46.2. The topological polar surface area (TPSA) is 169 Å². The van der Waals surface area contributed by atoms with E-state index in [0.717, 1.165) is 89.5 Å². The first-order valence-electron chi connectivity index (χ1n) is 26.9. The number of imidazole rings is 1. The smallest absolute Gasteiger partial charge is 0.238 e. The lowest BCUT2D eigenvalue weighted by atomic mass is 9.73. The van der Waals surface area contributed by atoms with Gasteiger partial charge < -0.3 is 34.4 Å². The van der Waals surface area contributed by atoms with Gasteiger partial charge in [-0.3, -0.25) is 29.3 Å². The summed E-state index contributed by atoms with van der Waals surface area (Å²) in [5.74, 6) is 0.876. The van der Waals surface area contributed by atoms with E-state index in [0.29, 0.717) is 89.9 Å². The van der Waals surface area contributed by atoms with Gasteiger partial charge in [0.15, 0.2) is 5.82 Å². The van der Waals surface area contributed by atoms with Crippen LogP contribution in [-0.4, -0.2) is 134 Å². The second-order valence-corrected chi connectivity index (χ2v) is 22.6. The van der Waals surface area contributed by atoms with Crippen LogP contribution in [0, 0.1) is 17.8 Å². The Morgan fingerprint density at radius 2 is 1.59 bits per heavy atom. The van der Waals surface area contributed by atoms with Gasteiger partial charge in [0.1, 0.15) is 11.3 Å². The van der Waals surface area contributed by atoms with E-state index in [9.17, 15) is 19.2 Å². The Hall–Kier alpha value is -5.90. The Morgan fingerprint density at radius 1 is 0.817 bits per heavy atom. The van der Waals surface area contributed by atoms with Crippen molar-refractivity contribution in [2.75, 3.05) is 67.5 Å². The standard InChI is InChI=1S/C55H69N11O5/c1-33(2)65-32-57-45-28-44(59-50(49(45)65)58-38-9-10-38)36-7-12-43-46(25-36)66(40-26-39(27-40)61-19-5-4-6-20-61)54(71)55(43)17-23-63(24-18-55)53(70)42-31-64(30-34(42)3)52(69)35-15-21-62(22-16-35)47-13-8-37(29-56-47)41-11-14-48(67)60-51(41)68/h7-8,12-13,25,28-29,32-35,38-42H,4-6,9-11,14-24,26-27,30-31H2,1-3H3,(H,58,59)(H,60,67,68). The fraction of sp³-hybridized carbons (Fsp3) is 0.600. The molecule has 4 aromatic rings. The molecule has 5 saturated heterocycles. The molecule has 8 aliphatic rings. The number of carbonyl (C=O) groups is 5. The number of rotatable bonds is 10. The molecule has 5 amide bonds. The van der Waals surface area contributed by atoms with Crippen molar-refractivity contribution < 1.29 is 24.0 Å². The molecule has 6 aliphatic heterocycles. The van der Waals surface area contributed by atoms with E-state index >= 15 is 4.79 Å². The van der Waals surface area contributed by atoms with Crippen molar-refractivity contribution in [3.63, 3.8) is 0 Å². The molecule has 7 fully saturated rings. The maximum absolute atomic E-state index is 15.3. The predicted octanol–water partition coefficient (Wildman–Crippen LogP) is 6.40. The number of amides is 5. The molecule has 2 N–H and O–H groups in total. The Balaban J connectivity index is 0.721. The van der Waals surface area contributed by atoms with E-state index in [4.69, 9.17) is 9.97 Å². The lowest BCUT2D eigenvalue weighted by Crippen LogP contribution is -2.58. The summed E-state index contributed by atoms with van der Waals surface area (Å²) >= 11 is 0. The van der Waals surface area contributed by atoms with Gasteiger partial charge in [0.25, 0.3) is 0 Å². The lowest BCUT2D eigenvalue weighted by molar-refractivity contribution is -0.140. The van der Waals surface area contributed by atoms with Crippen molar-refractivity contribution >= 4 is 57.9 Å². The highest BCUT2D eigenvalue weighted by Gasteiger charge is 2.56. The van der Waals surface area contributed by atoms with Crippen LogP contribution in [0.1, 0.15) is 127 Å². The molecule has 0 radical (unpaired) electrons. The second-order valence-electron chi connectivity index (χ2n) is 22.6. The molecule has 9 heterocycles. The number of aromatic nitrogens is 4. The third kappa shape index (κ3) is 8.35. The maximum atomic E-state index is 15.3. The van der Waals surface area contributed by atoms with Crippen LogP contribution in [0.15, 0.2) is 48.9 Å². The second kappa shape index (κ2) is 18.3. The van der Waals surface area contributed by atoms with E-state index in [1.54, 1.807) is 6.20 Å². The van der Waals surface area contributed by atoms with Crippen molar-refractivity contribution in [3.05, 3.63) is 60.0 Å². The summed E-state index contributed by atoms with van der Waals surface area (Å²) in [7, 11) is 0. The molecule has 3 unspecified atom stereocenters. The molecule has 16 nitrogen and oxygen atoms in total. The van der Waals surface area contributed by atoms with E-state index in [2.05, 4.69) is 79.9 Å². The van der Waals surface area contributed by atoms with Gasteiger partial charge in [-0.05, 0) is 133 Å². The first-order chi connectivity index (χ1) is 34.4. The summed E-state index contributed by atoms with van der Waals surface area (Å²) in [6, 6.07) is 13.8. The van der Waals surface area contributed by atoms with Crippen LogP contribution in [0.4, 0.5) is 17.3 Å². The minimum Gasteiger partial charge on any atom is -0.366 e. The number of likely N-dealkylation sites (tertiary alicyclic amines) is 3. The first-order valence-corrected chi connectivity index (χ1v) is 26.9. The van der Waals surface area contributed by atoms with E-state index in [1.807, 2.05) is 28.3 Å². The SMILES string of the molecule is CC1CN(C(=O)C2CCN(c3ccc(C4CCC(=O)NC4=O)cn3)CC2)CC1C(=O)N1CCC2(CC1)C(=O)N(C1CC(N3CCCCC3)C1)c1cc(-c3cc4ncn(C(C)C)c4c(NC4CC4)n3)ccc12.